The van der Waals surface area contributed by atoms with E-state index in [1.807, 2.05) is 0 Å². The Bertz CT molecular complexity index is 1310. The van der Waals surface area contributed by atoms with Crippen molar-refractivity contribution in [3.8, 4) is 11.6 Å². The Balaban J connectivity index is 2.03. The van der Waals surface area contributed by atoms with Crippen LogP contribution in [0.5, 0.6) is 5.88 Å². The predicted octanol–water partition coefficient (Wildman–Crippen LogP) is 5.38. The first kappa shape index (κ1) is 18.8. The molecule has 4 aromatic rings. The van der Waals surface area contributed by atoms with E-state index in [9.17, 15) is 18.7 Å². The molecule has 0 amide bonds. The molecule has 0 bridgehead atoms. The summed E-state index contributed by atoms with van der Waals surface area (Å²) in [5.74, 6) is -2.13. The molecule has 0 saturated heterocycles. The number of aliphatic imine (C=N–C) groups is 1. The minimum absolute atomic E-state index is 0.128. The Morgan fingerprint density at radius 2 is 1.52 bits per heavy atom. The Hall–Kier alpha value is -3.51. The van der Waals surface area contributed by atoms with Crippen LogP contribution in [-0.4, -0.2) is 15.9 Å². The van der Waals surface area contributed by atoms with Crippen LogP contribution in [0.1, 0.15) is 5.56 Å². The van der Waals surface area contributed by atoms with Gasteiger partial charge in [-0.25, -0.2) is 18.3 Å². The predicted molar refractivity (Wildman–Crippen MR) is 110 cm³/mol. The van der Waals surface area contributed by atoms with Crippen LogP contribution in [-0.2, 0) is 0 Å². The Morgan fingerprint density at radius 3 is 2.21 bits per heavy atom. The monoisotopic (exact) mass is 410 g/mol. The third kappa shape index (κ3) is 3.28. The summed E-state index contributed by atoms with van der Waals surface area (Å²) in [7, 11) is 0. The summed E-state index contributed by atoms with van der Waals surface area (Å²) >= 11 is 6.22. The van der Waals surface area contributed by atoms with Gasteiger partial charge in [0.05, 0.1) is 16.3 Å². The fraction of sp³-hybridized carbons (Fsp3) is 0. The van der Waals surface area contributed by atoms with E-state index in [1.54, 1.807) is 48.5 Å². The molecule has 0 atom stereocenters. The fourth-order valence-corrected chi connectivity index (χ4v) is 3.31. The summed E-state index contributed by atoms with van der Waals surface area (Å²) < 4.78 is 28.9. The number of hydrogen-bond acceptors (Lipinski definition) is 3. The van der Waals surface area contributed by atoms with E-state index in [-0.39, 0.29) is 16.3 Å². The average molecular weight is 411 g/mol. The topological polar surface area (TPSA) is 54.6 Å². The second-order valence-corrected chi connectivity index (χ2v) is 6.61. The van der Waals surface area contributed by atoms with Crippen molar-refractivity contribution >= 4 is 34.3 Å². The van der Waals surface area contributed by atoms with Gasteiger partial charge in [0.2, 0.25) is 5.88 Å². The lowest BCUT2D eigenvalue weighted by Gasteiger charge is -2.14. The minimum Gasteiger partial charge on any atom is -0.494 e. The number of nitrogens with zero attached hydrogens (tertiary/aromatic N) is 2. The lowest BCUT2D eigenvalue weighted by molar-refractivity contribution is 0.436. The lowest BCUT2D eigenvalue weighted by Crippen LogP contribution is -2.20. The van der Waals surface area contributed by atoms with Gasteiger partial charge < -0.3 is 5.11 Å². The largest absolute Gasteiger partial charge is 0.494 e. The first-order valence-electron chi connectivity index (χ1n) is 8.58. The van der Waals surface area contributed by atoms with Crippen LogP contribution in [0.15, 0.2) is 76.5 Å². The molecule has 0 unspecified atom stereocenters. The molecule has 3 aromatic carbocycles. The molecule has 1 heterocycles. The SMILES string of the molecule is O=c1c2ccccc2c(C=Nc2c(F)cccc2F)c(O)n1-c1ccccc1Cl. The van der Waals surface area contributed by atoms with Crippen molar-refractivity contribution in [2.75, 3.05) is 0 Å². The van der Waals surface area contributed by atoms with Crippen molar-refractivity contribution < 1.29 is 13.9 Å². The van der Waals surface area contributed by atoms with Crippen LogP contribution < -0.4 is 5.56 Å². The maximum atomic E-state index is 13.9. The quantitative estimate of drug-likeness (QED) is 0.461. The molecule has 29 heavy (non-hydrogen) atoms. The molecular weight excluding hydrogens is 398 g/mol. The van der Waals surface area contributed by atoms with Crippen LogP contribution in [0.25, 0.3) is 16.5 Å². The number of para-hydroxylation sites is 2. The van der Waals surface area contributed by atoms with E-state index < -0.39 is 28.8 Å². The van der Waals surface area contributed by atoms with E-state index in [0.29, 0.717) is 10.8 Å². The molecule has 7 heteroatoms. The summed E-state index contributed by atoms with van der Waals surface area (Å²) in [5, 5.41) is 11.8. The average Bonchev–Trinajstić information content (AvgIpc) is 2.71. The highest BCUT2D eigenvalue weighted by atomic mass is 35.5. The van der Waals surface area contributed by atoms with Crippen molar-refractivity contribution in [3.05, 3.63) is 99.3 Å². The van der Waals surface area contributed by atoms with Crippen molar-refractivity contribution in [2.24, 2.45) is 4.99 Å². The molecule has 0 aliphatic carbocycles. The van der Waals surface area contributed by atoms with Gasteiger partial charge in [0.25, 0.3) is 5.56 Å². The van der Waals surface area contributed by atoms with Crippen molar-refractivity contribution in [2.45, 2.75) is 0 Å². The Labute approximate surface area is 169 Å². The molecule has 0 fully saturated rings. The first-order valence-corrected chi connectivity index (χ1v) is 8.96. The lowest BCUT2D eigenvalue weighted by atomic mass is 10.1. The molecule has 1 aromatic heterocycles. The maximum Gasteiger partial charge on any atom is 0.265 e. The van der Waals surface area contributed by atoms with Crippen LogP contribution in [0.4, 0.5) is 14.5 Å². The van der Waals surface area contributed by atoms with Crippen LogP contribution >= 0.6 is 11.6 Å². The number of benzene rings is 3. The Morgan fingerprint density at radius 1 is 0.897 bits per heavy atom. The molecule has 1 N–H and O–H groups in total. The standard InChI is InChI=1S/C22H13ClF2N2O2/c23-16-8-3-4-11-19(16)27-21(28)14-7-2-1-6-13(14)15(22(27)29)12-26-20-17(24)9-5-10-18(20)25/h1-12,29H. The number of pyridine rings is 1. The number of hydrogen-bond donors (Lipinski definition) is 1. The normalized spacial score (nSPS) is 11.4. The van der Waals surface area contributed by atoms with E-state index in [2.05, 4.69) is 4.99 Å². The van der Waals surface area contributed by atoms with Gasteiger partial charge in [0.15, 0.2) is 11.6 Å². The number of rotatable bonds is 3. The van der Waals surface area contributed by atoms with Gasteiger partial charge in [-0.2, -0.15) is 0 Å². The van der Waals surface area contributed by atoms with Gasteiger partial charge >= 0.3 is 0 Å². The summed E-state index contributed by atoms with van der Waals surface area (Å²) in [4.78, 5) is 16.9. The van der Waals surface area contributed by atoms with E-state index in [1.165, 1.54) is 6.07 Å². The van der Waals surface area contributed by atoms with Gasteiger partial charge in [0.1, 0.15) is 5.69 Å². The minimum atomic E-state index is -0.843. The zero-order valence-electron chi connectivity index (χ0n) is 14.8. The van der Waals surface area contributed by atoms with E-state index in [4.69, 9.17) is 11.6 Å². The molecule has 4 nitrogen and oxygen atoms in total. The number of aromatic nitrogens is 1. The molecule has 0 aliphatic heterocycles. The Kier molecular flexibility index (Phi) is 4.86. The van der Waals surface area contributed by atoms with Gasteiger partial charge in [0, 0.05) is 17.0 Å². The molecule has 144 valence electrons. The van der Waals surface area contributed by atoms with Gasteiger partial charge in [-0.15, -0.1) is 0 Å². The second-order valence-electron chi connectivity index (χ2n) is 6.20. The van der Waals surface area contributed by atoms with Crippen LogP contribution in [0.3, 0.4) is 0 Å². The van der Waals surface area contributed by atoms with Crippen molar-refractivity contribution in [1.82, 2.24) is 4.57 Å². The zero-order chi connectivity index (χ0) is 20.5. The summed E-state index contributed by atoms with van der Waals surface area (Å²) in [6, 6.07) is 16.5. The van der Waals surface area contributed by atoms with Gasteiger partial charge in [-0.3, -0.25) is 4.79 Å². The summed E-state index contributed by atoms with van der Waals surface area (Å²) in [6.07, 6.45) is 1.13. The molecule has 0 spiro atoms. The highest BCUT2D eigenvalue weighted by Gasteiger charge is 2.18. The highest BCUT2D eigenvalue weighted by molar-refractivity contribution is 6.32. The first-order chi connectivity index (χ1) is 14.0. The van der Waals surface area contributed by atoms with Crippen LogP contribution in [0.2, 0.25) is 5.02 Å². The molecular formula is C22H13ClF2N2O2. The number of fused-ring (bicyclic) bond motifs is 1. The second kappa shape index (κ2) is 7.48. The van der Waals surface area contributed by atoms with Crippen molar-refractivity contribution in [1.29, 1.82) is 0 Å². The summed E-state index contributed by atoms with van der Waals surface area (Å²) in [5.41, 5.74) is -0.580. The van der Waals surface area contributed by atoms with E-state index >= 15 is 0 Å². The highest BCUT2D eigenvalue weighted by Crippen LogP contribution is 2.30. The summed E-state index contributed by atoms with van der Waals surface area (Å²) in [6.45, 7) is 0. The molecule has 0 radical (unpaired) electrons. The van der Waals surface area contributed by atoms with Crippen molar-refractivity contribution in [3.63, 3.8) is 0 Å². The third-order valence-corrected chi connectivity index (χ3v) is 4.78. The maximum absolute atomic E-state index is 13.9. The third-order valence-electron chi connectivity index (χ3n) is 4.46. The number of halogens is 3. The fourth-order valence-electron chi connectivity index (χ4n) is 3.09. The molecule has 4 rings (SSSR count). The van der Waals surface area contributed by atoms with Gasteiger partial charge in [-0.1, -0.05) is 48.0 Å². The molecule has 0 aliphatic rings. The van der Waals surface area contributed by atoms with Crippen LogP contribution in [0, 0.1) is 11.6 Å². The smallest absolute Gasteiger partial charge is 0.265 e. The van der Waals surface area contributed by atoms with E-state index in [0.717, 1.165) is 22.9 Å². The number of aromatic hydroxyl groups is 1. The zero-order valence-corrected chi connectivity index (χ0v) is 15.6. The van der Waals surface area contributed by atoms with Gasteiger partial charge in [-0.05, 0) is 30.3 Å². The molecule has 0 saturated carbocycles.